The molecule has 0 aliphatic carbocycles. The normalized spacial score (nSPS) is 12.4. The molecule has 8 heteroatoms. The fourth-order valence-electron chi connectivity index (χ4n) is 1.95. The molecule has 0 aromatic carbocycles. The topological polar surface area (TPSA) is 76.1 Å². The number of nitrogens with one attached hydrogen (secondary N) is 2. The van der Waals surface area contributed by atoms with Crippen molar-refractivity contribution in [3.63, 3.8) is 0 Å². The van der Waals surface area contributed by atoms with Crippen LogP contribution in [0, 0.1) is 5.92 Å². The van der Waals surface area contributed by atoms with Gasteiger partial charge in [-0.25, -0.2) is 0 Å². The van der Waals surface area contributed by atoms with Crippen LogP contribution in [0.25, 0.3) is 0 Å². The van der Waals surface area contributed by atoms with Crippen LogP contribution in [0.2, 0.25) is 0 Å². The summed E-state index contributed by atoms with van der Waals surface area (Å²) in [5.41, 5.74) is 0. The standard InChI is InChI=1S/C15H28N4O2S2/c1-11(2)6-5-7-12(3)17-13(20)10-22-15-19-18-14(23-15)16-8-9-21-4/h11-12H,5-10H2,1-4H3,(H,16,18)(H,17,20). The molecule has 0 saturated heterocycles. The summed E-state index contributed by atoms with van der Waals surface area (Å²) in [5.74, 6) is 1.15. The van der Waals surface area contributed by atoms with E-state index in [9.17, 15) is 4.79 Å². The first-order valence-electron chi connectivity index (χ1n) is 7.99. The van der Waals surface area contributed by atoms with E-state index in [1.807, 2.05) is 0 Å². The first-order chi connectivity index (χ1) is 11.0. The summed E-state index contributed by atoms with van der Waals surface area (Å²) in [6.45, 7) is 7.83. The zero-order valence-corrected chi connectivity index (χ0v) is 16.1. The van der Waals surface area contributed by atoms with E-state index in [2.05, 4.69) is 41.6 Å². The third-order valence-electron chi connectivity index (χ3n) is 3.14. The number of aromatic nitrogens is 2. The average Bonchev–Trinajstić information content (AvgIpc) is 2.93. The van der Waals surface area contributed by atoms with Gasteiger partial charge < -0.3 is 15.4 Å². The molecule has 0 spiro atoms. The Morgan fingerprint density at radius 3 is 2.78 bits per heavy atom. The van der Waals surface area contributed by atoms with Gasteiger partial charge in [0.2, 0.25) is 11.0 Å². The number of methoxy groups -OCH3 is 1. The molecule has 0 radical (unpaired) electrons. The predicted octanol–water partition coefficient (Wildman–Crippen LogP) is 3.02. The number of nitrogens with zero attached hydrogens (tertiary/aromatic N) is 2. The molecule has 0 aliphatic heterocycles. The zero-order valence-electron chi connectivity index (χ0n) is 14.4. The van der Waals surface area contributed by atoms with Crippen molar-refractivity contribution in [3.05, 3.63) is 0 Å². The summed E-state index contributed by atoms with van der Waals surface area (Å²) in [6.07, 6.45) is 3.39. The number of ether oxygens (including phenoxy) is 1. The Labute approximate surface area is 147 Å². The van der Waals surface area contributed by atoms with Gasteiger partial charge in [0.05, 0.1) is 12.4 Å². The summed E-state index contributed by atoms with van der Waals surface area (Å²) in [7, 11) is 1.66. The molecule has 1 aromatic heterocycles. The van der Waals surface area contributed by atoms with Crippen LogP contribution < -0.4 is 10.6 Å². The molecule has 0 saturated carbocycles. The maximum Gasteiger partial charge on any atom is 0.230 e. The Balaban J connectivity index is 2.20. The van der Waals surface area contributed by atoms with Crippen molar-refractivity contribution in [2.45, 2.75) is 50.4 Å². The van der Waals surface area contributed by atoms with E-state index in [-0.39, 0.29) is 11.9 Å². The Morgan fingerprint density at radius 2 is 2.09 bits per heavy atom. The molecule has 0 aliphatic rings. The summed E-state index contributed by atoms with van der Waals surface area (Å²) in [5, 5.41) is 15.0. The monoisotopic (exact) mass is 360 g/mol. The van der Waals surface area contributed by atoms with Crippen molar-refractivity contribution < 1.29 is 9.53 Å². The molecule has 2 N–H and O–H groups in total. The maximum absolute atomic E-state index is 11.9. The number of amides is 1. The molecule has 132 valence electrons. The zero-order chi connectivity index (χ0) is 17.1. The van der Waals surface area contributed by atoms with Crippen LogP contribution in [0.1, 0.15) is 40.0 Å². The molecular formula is C15H28N4O2S2. The first kappa shape index (κ1) is 20.2. The fraction of sp³-hybridized carbons (Fsp3) is 0.800. The smallest absolute Gasteiger partial charge is 0.230 e. The van der Waals surface area contributed by atoms with E-state index in [4.69, 9.17) is 4.74 Å². The van der Waals surface area contributed by atoms with Gasteiger partial charge in [-0.1, -0.05) is 49.8 Å². The number of hydrogen-bond acceptors (Lipinski definition) is 7. The molecule has 1 atom stereocenters. The lowest BCUT2D eigenvalue weighted by molar-refractivity contribution is -0.119. The van der Waals surface area contributed by atoms with Crippen molar-refractivity contribution in [1.82, 2.24) is 15.5 Å². The first-order valence-corrected chi connectivity index (χ1v) is 9.80. The van der Waals surface area contributed by atoms with Crippen molar-refractivity contribution in [1.29, 1.82) is 0 Å². The lowest BCUT2D eigenvalue weighted by atomic mass is 10.0. The highest BCUT2D eigenvalue weighted by atomic mass is 32.2. The van der Waals surface area contributed by atoms with Crippen LogP contribution in [0.3, 0.4) is 0 Å². The van der Waals surface area contributed by atoms with E-state index in [0.717, 1.165) is 28.2 Å². The Kier molecular flexibility index (Phi) is 10.2. The van der Waals surface area contributed by atoms with Gasteiger partial charge in [-0.15, -0.1) is 10.2 Å². The predicted molar refractivity (Wildman–Crippen MR) is 97.3 cm³/mol. The largest absolute Gasteiger partial charge is 0.383 e. The molecule has 1 rings (SSSR count). The van der Waals surface area contributed by atoms with Crippen molar-refractivity contribution in [3.8, 4) is 0 Å². The minimum atomic E-state index is 0.0520. The molecule has 0 bridgehead atoms. The Hall–Kier alpha value is -0.860. The van der Waals surface area contributed by atoms with E-state index in [1.165, 1.54) is 29.5 Å². The molecule has 1 heterocycles. The Bertz CT molecular complexity index is 454. The highest BCUT2D eigenvalue weighted by Crippen LogP contribution is 2.25. The molecule has 6 nitrogen and oxygen atoms in total. The molecule has 0 fully saturated rings. The van der Waals surface area contributed by atoms with Crippen molar-refractivity contribution in [2.75, 3.05) is 31.3 Å². The summed E-state index contributed by atoms with van der Waals surface area (Å²) >= 11 is 2.88. The van der Waals surface area contributed by atoms with Gasteiger partial charge in [-0.3, -0.25) is 4.79 Å². The van der Waals surface area contributed by atoms with Crippen molar-refractivity contribution in [2.24, 2.45) is 5.92 Å². The highest BCUT2D eigenvalue weighted by molar-refractivity contribution is 8.01. The Morgan fingerprint density at radius 1 is 1.30 bits per heavy atom. The molecule has 1 aromatic rings. The second-order valence-electron chi connectivity index (χ2n) is 5.87. The minimum absolute atomic E-state index is 0.0520. The van der Waals surface area contributed by atoms with Gasteiger partial charge in [0.15, 0.2) is 4.34 Å². The van der Waals surface area contributed by atoms with E-state index in [0.29, 0.717) is 18.9 Å². The molecule has 23 heavy (non-hydrogen) atoms. The summed E-state index contributed by atoms with van der Waals surface area (Å²) in [6, 6.07) is 0.225. The summed E-state index contributed by atoms with van der Waals surface area (Å²) in [4.78, 5) is 11.9. The number of hydrogen-bond donors (Lipinski definition) is 2. The van der Waals surface area contributed by atoms with Gasteiger partial charge >= 0.3 is 0 Å². The van der Waals surface area contributed by atoms with Gasteiger partial charge in [0.1, 0.15) is 0 Å². The maximum atomic E-state index is 11.9. The SMILES string of the molecule is COCCNc1nnc(SCC(=O)NC(C)CCCC(C)C)s1. The van der Waals surface area contributed by atoms with Crippen LogP contribution in [-0.2, 0) is 9.53 Å². The highest BCUT2D eigenvalue weighted by Gasteiger charge is 2.10. The van der Waals surface area contributed by atoms with Crippen LogP contribution in [-0.4, -0.2) is 48.2 Å². The van der Waals surface area contributed by atoms with Gasteiger partial charge in [0.25, 0.3) is 0 Å². The number of carbonyl (C=O) groups is 1. The second kappa shape index (κ2) is 11.6. The third-order valence-corrected chi connectivity index (χ3v) is 5.16. The quantitative estimate of drug-likeness (QED) is 0.441. The van der Waals surface area contributed by atoms with Gasteiger partial charge in [-0.05, 0) is 19.3 Å². The minimum Gasteiger partial charge on any atom is -0.383 e. The van der Waals surface area contributed by atoms with Crippen LogP contribution in [0.4, 0.5) is 5.13 Å². The second-order valence-corrected chi connectivity index (χ2v) is 8.07. The number of rotatable bonds is 12. The van der Waals surface area contributed by atoms with Crippen LogP contribution in [0.15, 0.2) is 4.34 Å². The number of anilines is 1. The van der Waals surface area contributed by atoms with Gasteiger partial charge in [0, 0.05) is 19.7 Å². The number of carbonyl (C=O) groups excluding carboxylic acids is 1. The lowest BCUT2D eigenvalue weighted by Gasteiger charge is -2.14. The van der Waals surface area contributed by atoms with Crippen LogP contribution >= 0.6 is 23.1 Å². The molecule has 1 amide bonds. The molecule has 1 unspecified atom stereocenters. The van der Waals surface area contributed by atoms with E-state index < -0.39 is 0 Å². The number of thioether (sulfide) groups is 1. The lowest BCUT2D eigenvalue weighted by Crippen LogP contribution is -2.33. The average molecular weight is 361 g/mol. The van der Waals surface area contributed by atoms with Crippen LogP contribution in [0.5, 0.6) is 0 Å². The third kappa shape index (κ3) is 9.78. The van der Waals surface area contributed by atoms with E-state index in [1.54, 1.807) is 7.11 Å². The molecular weight excluding hydrogens is 332 g/mol. The summed E-state index contributed by atoms with van der Waals surface area (Å²) < 4.78 is 5.76. The van der Waals surface area contributed by atoms with E-state index >= 15 is 0 Å². The van der Waals surface area contributed by atoms with Gasteiger partial charge in [-0.2, -0.15) is 0 Å². The fourth-order valence-corrected chi connectivity index (χ4v) is 3.54. The van der Waals surface area contributed by atoms with Crippen molar-refractivity contribution >= 4 is 34.1 Å².